The molecule has 0 saturated carbocycles. The fourth-order valence-corrected chi connectivity index (χ4v) is 4.79. The Bertz CT molecular complexity index is 1330. The van der Waals surface area contributed by atoms with E-state index in [9.17, 15) is 14.4 Å². The number of rotatable bonds is 5. The zero-order valence-electron chi connectivity index (χ0n) is 19.9. The number of hydrogen-bond acceptors (Lipinski definition) is 5. The van der Waals surface area contributed by atoms with Crippen LogP contribution >= 0.6 is 11.6 Å². The highest BCUT2D eigenvalue weighted by Crippen LogP contribution is 2.34. The SMILES string of the molecule is CC(=O)c1ccc2c(c1)N(Cc1cccc(C(=O)N3CCN(c4cccc(Cl)c4)CC3)c1)C(=O)CO2. The second-order valence-corrected chi connectivity index (χ2v) is 9.40. The molecule has 0 bridgehead atoms. The number of ketones is 1. The lowest BCUT2D eigenvalue weighted by atomic mass is 10.1. The molecule has 2 heterocycles. The van der Waals surface area contributed by atoms with Gasteiger partial charge in [0.1, 0.15) is 5.75 Å². The molecule has 3 aromatic carbocycles. The third-order valence-electron chi connectivity index (χ3n) is 6.56. The van der Waals surface area contributed by atoms with Crippen molar-refractivity contribution in [2.24, 2.45) is 0 Å². The van der Waals surface area contributed by atoms with Crippen molar-refractivity contribution in [2.75, 3.05) is 42.6 Å². The number of amides is 2. The predicted octanol–water partition coefficient (Wildman–Crippen LogP) is 4.43. The van der Waals surface area contributed by atoms with Gasteiger partial charge in [0, 0.05) is 48.0 Å². The maximum atomic E-state index is 13.3. The molecule has 0 spiro atoms. The van der Waals surface area contributed by atoms with E-state index in [0.29, 0.717) is 40.7 Å². The van der Waals surface area contributed by atoms with E-state index in [2.05, 4.69) is 4.90 Å². The Morgan fingerprint density at radius 1 is 0.917 bits per heavy atom. The summed E-state index contributed by atoms with van der Waals surface area (Å²) in [6.45, 7) is 4.37. The van der Waals surface area contributed by atoms with Gasteiger partial charge >= 0.3 is 0 Å². The molecule has 1 fully saturated rings. The van der Waals surface area contributed by atoms with E-state index in [4.69, 9.17) is 16.3 Å². The van der Waals surface area contributed by atoms with Gasteiger partial charge in [-0.25, -0.2) is 0 Å². The number of anilines is 2. The third-order valence-corrected chi connectivity index (χ3v) is 6.80. The Kier molecular flexibility index (Phi) is 6.65. The lowest BCUT2D eigenvalue weighted by Crippen LogP contribution is -2.48. The number of Topliss-reactive ketones (excluding diaryl/α,β-unsaturated/α-hetero) is 1. The molecule has 8 heteroatoms. The molecule has 184 valence electrons. The summed E-state index contributed by atoms with van der Waals surface area (Å²) in [6, 6.07) is 20.2. The van der Waals surface area contributed by atoms with Crippen molar-refractivity contribution < 1.29 is 19.1 Å². The maximum Gasteiger partial charge on any atom is 0.265 e. The summed E-state index contributed by atoms with van der Waals surface area (Å²) in [6.07, 6.45) is 0. The summed E-state index contributed by atoms with van der Waals surface area (Å²) in [5.74, 6) is 0.246. The number of fused-ring (bicyclic) bond motifs is 1. The van der Waals surface area contributed by atoms with Crippen LogP contribution in [0.4, 0.5) is 11.4 Å². The zero-order valence-corrected chi connectivity index (χ0v) is 20.7. The lowest BCUT2D eigenvalue weighted by Gasteiger charge is -2.36. The maximum absolute atomic E-state index is 13.3. The van der Waals surface area contributed by atoms with Crippen LogP contribution in [0.1, 0.15) is 33.2 Å². The molecule has 0 N–H and O–H groups in total. The van der Waals surface area contributed by atoms with Crippen molar-refractivity contribution >= 4 is 40.6 Å². The Balaban J connectivity index is 1.30. The molecule has 5 rings (SSSR count). The number of halogens is 1. The van der Waals surface area contributed by atoms with Crippen LogP contribution in [0.5, 0.6) is 5.75 Å². The molecular weight excluding hydrogens is 478 g/mol. The largest absolute Gasteiger partial charge is 0.482 e. The number of hydrogen-bond donors (Lipinski definition) is 0. The first-order valence-electron chi connectivity index (χ1n) is 11.9. The Morgan fingerprint density at radius 3 is 2.44 bits per heavy atom. The van der Waals surface area contributed by atoms with E-state index in [0.717, 1.165) is 24.3 Å². The standard InChI is InChI=1S/C28H26ClN3O4/c1-19(33)21-8-9-26-25(15-21)32(27(34)18-36-26)17-20-4-2-5-22(14-20)28(35)31-12-10-30(11-13-31)24-7-3-6-23(29)16-24/h2-9,14-16H,10-13,17-18H2,1H3. The number of carbonyl (C=O) groups is 3. The first-order valence-corrected chi connectivity index (χ1v) is 12.2. The van der Waals surface area contributed by atoms with Crippen LogP contribution in [-0.4, -0.2) is 55.3 Å². The van der Waals surface area contributed by atoms with Gasteiger partial charge in [-0.1, -0.05) is 29.8 Å². The number of ether oxygens (including phenoxy) is 1. The van der Waals surface area contributed by atoms with Crippen LogP contribution in [0, 0.1) is 0 Å². The molecule has 2 amide bonds. The van der Waals surface area contributed by atoms with E-state index in [1.54, 1.807) is 29.2 Å². The summed E-state index contributed by atoms with van der Waals surface area (Å²) in [7, 11) is 0. The van der Waals surface area contributed by atoms with E-state index in [1.807, 2.05) is 47.4 Å². The van der Waals surface area contributed by atoms with Crippen LogP contribution in [0.25, 0.3) is 0 Å². The Morgan fingerprint density at radius 2 is 1.69 bits per heavy atom. The van der Waals surface area contributed by atoms with E-state index < -0.39 is 0 Å². The van der Waals surface area contributed by atoms with Crippen molar-refractivity contribution in [1.29, 1.82) is 0 Å². The van der Waals surface area contributed by atoms with Gasteiger partial charge in [0.15, 0.2) is 12.4 Å². The zero-order chi connectivity index (χ0) is 25.2. The molecule has 0 aliphatic carbocycles. The van der Waals surface area contributed by atoms with E-state index in [-0.39, 0.29) is 30.7 Å². The molecule has 0 radical (unpaired) electrons. The van der Waals surface area contributed by atoms with Gasteiger partial charge in [-0.3, -0.25) is 14.4 Å². The monoisotopic (exact) mass is 503 g/mol. The molecular formula is C28H26ClN3O4. The predicted molar refractivity (Wildman–Crippen MR) is 139 cm³/mol. The summed E-state index contributed by atoms with van der Waals surface area (Å²) in [5.41, 5.74) is 3.54. The first-order chi connectivity index (χ1) is 17.4. The van der Waals surface area contributed by atoms with Crippen LogP contribution in [0.15, 0.2) is 66.7 Å². The minimum Gasteiger partial charge on any atom is -0.482 e. The van der Waals surface area contributed by atoms with Gasteiger partial charge in [0.25, 0.3) is 11.8 Å². The van der Waals surface area contributed by atoms with Gasteiger partial charge < -0.3 is 19.4 Å². The molecule has 3 aromatic rings. The fourth-order valence-electron chi connectivity index (χ4n) is 4.60. The minimum atomic E-state index is -0.197. The van der Waals surface area contributed by atoms with Crippen LogP contribution in [0.2, 0.25) is 5.02 Å². The van der Waals surface area contributed by atoms with E-state index in [1.165, 1.54) is 6.92 Å². The van der Waals surface area contributed by atoms with Crippen molar-refractivity contribution in [3.05, 3.63) is 88.4 Å². The summed E-state index contributed by atoms with van der Waals surface area (Å²) >= 11 is 6.13. The van der Waals surface area contributed by atoms with Gasteiger partial charge in [-0.2, -0.15) is 0 Å². The minimum absolute atomic E-state index is 0.0323. The normalized spacial score (nSPS) is 15.4. The fraction of sp³-hybridized carbons (Fsp3) is 0.250. The second-order valence-electron chi connectivity index (χ2n) is 8.97. The van der Waals surface area contributed by atoms with Crippen molar-refractivity contribution in [2.45, 2.75) is 13.5 Å². The van der Waals surface area contributed by atoms with Crippen LogP contribution < -0.4 is 14.5 Å². The highest BCUT2D eigenvalue weighted by molar-refractivity contribution is 6.30. The molecule has 0 unspecified atom stereocenters. The van der Waals surface area contributed by atoms with Crippen LogP contribution in [0.3, 0.4) is 0 Å². The molecule has 0 aromatic heterocycles. The molecule has 2 aliphatic heterocycles. The molecule has 36 heavy (non-hydrogen) atoms. The number of piperazine rings is 1. The van der Waals surface area contributed by atoms with E-state index >= 15 is 0 Å². The Hall–Kier alpha value is -3.84. The lowest BCUT2D eigenvalue weighted by molar-refractivity contribution is -0.121. The van der Waals surface area contributed by atoms with Gasteiger partial charge in [-0.15, -0.1) is 0 Å². The van der Waals surface area contributed by atoms with Gasteiger partial charge in [0.2, 0.25) is 0 Å². The highest BCUT2D eigenvalue weighted by Gasteiger charge is 2.27. The first kappa shape index (κ1) is 23.9. The average molecular weight is 504 g/mol. The highest BCUT2D eigenvalue weighted by atomic mass is 35.5. The third kappa shape index (κ3) is 4.93. The summed E-state index contributed by atoms with van der Waals surface area (Å²) < 4.78 is 5.55. The number of nitrogens with zero attached hydrogens (tertiary/aromatic N) is 3. The number of benzene rings is 3. The summed E-state index contributed by atoms with van der Waals surface area (Å²) in [4.78, 5) is 43.5. The molecule has 0 atom stereocenters. The van der Waals surface area contributed by atoms with Crippen molar-refractivity contribution in [3.8, 4) is 5.75 Å². The van der Waals surface area contributed by atoms with Crippen LogP contribution in [-0.2, 0) is 11.3 Å². The van der Waals surface area contributed by atoms with Gasteiger partial charge in [-0.05, 0) is 61.0 Å². The second kappa shape index (κ2) is 10.0. The van der Waals surface area contributed by atoms with Crippen molar-refractivity contribution in [1.82, 2.24) is 4.90 Å². The molecule has 7 nitrogen and oxygen atoms in total. The quantitative estimate of drug-likeness (QED) is 0.482. The molecule has 1 saturated heterocycles. The van der Waals surface area contributed by atoms with Gasteiger partial charge in [0.05, 0.1) is 12.2 Å². The average Bonchev–Trinajstić information content (AvgIpc) is 2.90. The van der Waals surface area contributed by atoms with Crippen molar-refractivity contribution in [3.63, 3.8) is 0 Å². The number of carbonyl (C=O) groups excluding carboxylic acids is 3. The summed E-state index contributed by atoms with van der Waals surface area (Å²) in [5, 5.41) is 0.696. The molecule has 2 aliphatic rings. The smallest absolute Gasteiger partial charge is 0.265 e. The topological polar surface area (TPSA) is 70.2 Å². The Labute approximate surface area is 214 Å².